The van der Waals surface area contributed by atoms with Crippen LogP contribution in [0.25, 0.3) is 0 Å². The van der Waals surface area contributed by atoms with Crippen LogP contribution in [0, 0.1) is 6.92 Å². The Morgan fingerprint density at radius 2 is 2.29 bits per heavy atom. The van der Waals surface area contributed by atoms with E-state index in [1.165, 1.54) is 0 Å². The summed E-state index contributed by atoms with van der Waals surface area (Å²) < 4.78 is 1.96. The molecule has 0 radical (unpaired) electrons. The molecule has 0 atom stereocenters. The number of carbonyl (C=O) groups is 1. The molecule has 0 aliphatic rings. The molecule has 0 saturated heterocycles. The Labute approximate surface area is 84.0 Å². The van der Waals surface area contributed by atoms with Gasteiger partial charge < -0.3 is 9.90 Å². The van der Waals surface area contributed by atoms with Crippen molar-refractivity contribution in [3.05, 3.63) is 29.6 Å². The Balaban J connectivity index is 2.96. The van der Waals surface area contributed by atoms with Crippen LogP contribution in [-0.4, -0.2) is 5.97 Å². The second-order valence-electron chi connectivity index (χ2n) is 3.44. The van der Waals surface area contributed by atoms with E-state index in [9.17, 15) is 9.90 Å². The molecular weight excluding hydrogens is 178 g/mol. The van der Waals surface area contributed by atoms with Crippen molar-refractivity contribution in [3.8, 4) is 0 Å². The molecule has 0 fully saturated rings. The largest absolute Gasteiger partial charge is 0.550 e. The summed E-state index contributed by atoms with van der Waals surface area (Å²) in [7, 11) is 0. The van der Waals surface area contributed by atoms with Crippen molar-refractivity contribution >= 4 is 5.97 Å². The number of aromatic nitrogens is 1. The Morgan fingerprint density at radius 1 is 1.57 bits per heavy atom. The summed E-state index contributed by atoms with van der Waals surface area (Å²) in [4.78, 5) is 10.5. The van der Waals surface area contributed by atoms with E-state index in [1.54, 1.807) is 0 Å². The van der Waals surface area contributed by atoms with Crippen LogP contribution < -0.4 is 9.67 Å². The molecule has 0 N–H and O–H groups in total. The van der Waals surface area contributed by atoms with Gasteiger partial charge in [-0.15, -0.1) is 0 Å². The monoisotopic (exact) mass is 193 g/mol. The van der Waals surface area contributed by atoms with Crippen LogP contribution in [-0.2, 0) is 17.8 Å². The molecule has 0 aliphatic carbocycles. The number of nitrogens with zero attached hydrogens (tertiary/aromatic N) is 1. The van der Waals surface area contributed by atoms with Gasteiger partial charge in [0.1, 0.15) is 6.54 Å². The molecule has 0 bridgehead atoms. The van der Waals surface area contributed by atoms with Crippen LogP contribution in [0.3, 0.4) is 0 Å². The van der Waals surface area contributed by atoms with Gasteiger partial charge in [0.25, 0.3) is 0 Å². The van der Waals surface area contributed by atoms with Crippen LogP contribution in [0.2, 0.25) is 0 Å². The van der Waals surface area contributed by atoms with E-state index in [4.69, 9.17) is 0 Å². The van der Waals surface area contributed by atoms with Gasteiger partial charge in [-0.3, -0.25) is 0 Å². The minimum atomic E-state index is -1.03. The third-order valence-electron chi connectivity index (χ3n) is 2.07. The Bertz CT molecular complexity index is 334. The van der Waals surface area contributed by atoms with Gasteiger partial charge in [-0.2, -0.15) is 0 Å². The van der Waals surface area contributed by atoms with E-state index in [0.29, 0.717) is 0 Å². The van der Waals surface area contributed by atoms with Gasteiger partial charge in [-0.1, -0.05) is 6.92 Å². The first-order chi connectivity index (χ1) is 6.63. The summed E-state index contributed by atoms with van der Waals surface area (Å²) >= 11 is 0. The standard InChI is InChI=1S/C11H15NO2/c1-3-5-12-6-4-9(2)7-10(12)8-11(13)14/h4,6-7H,3,5,8H2,1-2H3. The van der Waals surface area contributed by atoms with Crippen LogP contribution in [0.15, 0.2) is 18.3 Å². The van der Waals surface area contributed by atoms with E-state index >= 15 is 0 Å². The van der Waals surface area contributed by atoms with Gasteiger partial charge in [-0.25, -0.2) is 4.57 Å². The number of hydrogen-bond acceptors (Lipinski definition) is 2. The van der Waals surface area contributed by atoms with Crippen molar-refractivity contribution in [3.63, 3.8) is 0 Å². The van der Waals surface area contributed by atoms with Gasteiger partial charge in [0.2, 0.25) is 0 Å². The molecule has 0 aliphatic heterocycles. The van der Waals surface area contributed by atoms with E-state index in [2.05, 4.69) is 6.92 Å². The number of aryl methyl sites for hydroxylation is 2. The fourth-order valence-corrected chi connectivity index (χ4v) is 1.46. The number of carboxylic acids is 1. The first-order valence-electron chi connectivity index (χ1n) is 4.82. The summed E-state index contributed by atoms with van der Waals surface area (Å²) in [6.45, 7) is 4.87. The molecule has 3 heteroatoms. The van der Waals surface area contributed by atoms with Gasteiger partial charge in [0.15, 0.2) is 11.9 Å². The number of pyridine rings is 1. The summed E-state index contributed by atoms with van der Waals surface area (Å²) in [6.07, 6.45) is 2.91. The zero-order valence-corrected chi connectivity index (χ0v) is 8.62. The predicted molar refractivity (Wildman–Crippen MR) is 50.4 cm³/mol. The Morgan fingerprint density at radius 3 is 2.86 bits per heavy atom. The second-order valence-corrected chi connectivity index (χ2v) is 3.44. The van der Waals surface area contributed by atoms with Gasteiger partial charge in [0, 0.05) is 18.6 Å². The SMILES string of the molecule is CCC[n+]1ccc(C)cc1CC(=O)[O-]. The zero-order chi connectivity index (χ0) is 10.6. The molecule has 3 nitrogen and oxygen atoms in total. The maximum atomic E-state index is 10.5. The fourth-order valence-electron chi connectivity index (χ4n) is 1.46. The van der Waals surface area contributed by atoms with Crippen molar-refractivity contribution in [2.24, 2.45) is 0 Å². The van der Waals surface area contributed by atoms with Crippen molar-refractivity contribution in [1.29, 1.82) is 0 Å². The quantitative estimate of drug-likeness (QED) is 0.631. The van der Waals surface area contributed by atoms with E-state index < -0.39 is 5.97 Å². The molecule has 76 valence electrons. The lowest BCUT2D eigenvalue weighted by Gasteiger charge is -2.04. The van der Waals surface area contributed by atoms with Crippen LogP contribution in [0.1, 0.15) is 24.6 Å². The van der Waals surface area contributed by atoms with Crippen molar-refractivity contribution in [2.45, 2.75) is 33.2 Å². The molecule has 14 heavy (non-hydrogen) atoms. The smallest absolute Gasteiger partial charge is 0.187 e. The maximum Gasteiger partial charge on any atom is 0.187 e. The lowest BCUT2D eigenvalue weighted by Crippen LogP contribution is -2.41. The number of carbonyl (C=O) groups excluding carboxylic acids is 1. The first kappa shape index (κ1) is 10.7. The highest BCUT2D eigenvalue weighted by Crippen LogP contribution is 1.99. The summed E-state index contributed by atoms with van der Waals surface area (Å²) in [5.41, 5.74) is 1.89. The topological polar surface area (TPSA) is 44.0 Å². The molecule has 1 rings (SSSR count). The molecule has 0 unspecified atom stereocenters. The van der Waals surface area contributed by atoms with E-state index in [1.807, 2.05) is 29.8 Å². The summed E-state index contributed by atoms with van der Waals surface area (Å²) in [5, 5.41) is 10.5. The van der Waals surface area contributed by atoms with Gasteiger partial charge >= 0.3 is 0 Å². The third kappa shape index (κ3) is 2.83. The molecule has 0 aromatic carbocycles. The predicted octanol–water partition coefficient (Wildman–Crippen LogP) is -0.0151. The highest BCUT2D eigenvalue weighted by Gasteiger charge is 2.09. The van der Waals surface area contributed by atoms with Crippen LogP contribution in [0.5, 0.6) is 0 Å². The Hall–Kier alpha value is -1.38. The third-order valence-corrected chi connectivity index (χ3v) is 2.07. The van der Waals surface area contributed by atoms with E-state index in [-0.39, 0.29) is 6.42 Å². The van der Waals surface area contributed by atoms with Crippen LogP contribution >= 0.6 is 0 Å². The Kier molecular flexibility index (Phi) is 3.63. The summed E-state index contributed by atoms with van der Waals surface area (Å²) in [5.74, 6) is -1.03. The normalized spacial score (nSPS) is 10.1. The number of aliphatic carboxylic acids is 1. The van der Waals surface area contributed by atoms with E-state index in [0.717, 1.165) is 24.2 Å². The average Bonchev–Trinajstić information content (AvgIpc) is 2.09. The highest BCUT2D eigenvalue weighted by atomic mass is 16.4. The lowest BCUT2D eigenvalue weighted by molar-refractivity contribution is -0.703. The molecule has 0 spiro atoms. The molecule has 1 aromatic rings. The molecule has 0 amide bonds. The summed E-state index contributed by atoms with van der Waals surface area (Å²) in [6, 6.07) is 3.87. The molecule has 1 heterocycles. The van der Waals surface area contributed by atoms with Gasteiger partial charge in [0.05, 0.1) is 12.4 Å². The number of hydrogen-bond donors (Lipinski definition) is 0. The van der Waals surface area contributed by atoms with Crippen LogP contribution in [0.4, 0.5) is 0 Å². The number of carboxylic acid groups (broad SMARTS) is 1. The minimum Gasteiger partial charge on any atom is -0.550 e. The second kappa shape index (κ2) is 4.74. The average molecular weight is 193 g/mol. The maximum absolute atomic E-state index is 10.5. The molecule has 1 aromatic heterocycles. The van der Waals surface area contributed by atoms with Crippen molar-refractivity contribution in [2.75, 3.05) is 0 Å². The van der Waals surface area contributed by atoms with Crippen molar-refractivity contribution in [1.82, 2.24) is 0 Å². The zero-order valence-electron chi connectivity index (χ0n) is 8.62. The van der Waals surface area contributed by atoms with Gasteiger partial charge in [-0.05, 0) is 12.5 Å². The fraction of sp³-hybridized carbons (Fsp3) is 0.455. The lowest BCUT2D eigenvalue weighted by atomic mass is 10.2. The van der Waals surface area contributed by atoms with Crippen molar-refractivity contribution < 1.29 is 14.5 Å². The highest BCUT2D eigenvalue weighted by molar-refractivity contribution is 5.66. The molecule has 0 saturated carbocycles. The first-order valence-corrected chi connectivity index (χ1v) is 4.82. The molecular formula is C11H15NO2. The number of rotatable bonds is 4. The minimum absolute atomic E-state index is 0.0122.